The molecule has 2 N–H and O–H groups in total. The van der Waals surface area contributed by atoms with Gasteiger partial charge in [-0.25, -0.2) is 4.39 Å². The maximum Gasteiger partial charge on any atom is 0.161 e. The van der Waals surface area contributed by atoms with Crippen molar-refractivity contribution in [3.8, 4) is 0 Å². The molecule has 1 aliphatic rings. The number of nitrogens with zero attached hydrogens (tertiary/aromatic N) is 1. The summed E-state index contributed by atoms with van der Waals surface area (Å²) in [4.78, 5) is 2.20. The number of para-hydroxylation sites is 1. The summed E-state index contributed by atoms with van der Waals surface area (Å²) in [5.41, 5.74) is 9.00. The monoisotopic (exact) mass is 364 g/mol. The van der Waals surface area contributed by atoms with E-state index in [9.17, 15) is 4.39 Å². The minimum atomic E-state index is -0.322. The molecule has 0 aliphatic carbocycles. The van der Waals surface area contributed by atoms with Gasteiger partial charge in [0, 0.05) is 17.8 Å². The molecule has 5 heteroatoms. The first-order chi connectivity index (χ1) is 10.1. The van der Waals surface area contributed by atoms with E-state index in [0.717, 1.165) is 25.1 Å². The molecule has 2 aromatic carbocycles. The fourth-order valence-corrected chi connectivity index (χ4v) is 3.57. The largest absolute Gasteiger partial charge is 0.389 e. The minimum Gasteiger partial charge on any atom is -0.389 e. The number of thiocarbonyl (C=S) groups is 1. The molecule has 2 aromatic rings. The molecule has 0 unspecified atom stereocenters. The van der Waals surface area contributed by atoms with E-state index in [1.54, 1.807) is 12.1 Å². The molecule has 108 valence electrons. The van der Waals surface area contributed by atoms with E-state index in [1.807, 2.05) is 23.1 Å². The van der Waals surface area contributed by atoms with Crippen LogP contribution in [0.3, 0.4) is 0 Å². The van der Waals surface area contributed by atoms with E-state index >= 15 is 0 Å². The smallest absolute Gasteiger partial charge is 0.161 e. The van der Waals surface area contributed by atoms with E-state index in [1.165, 1.54) is 5.56 Å². The average Bonchev–Trinajstić information content (AvgIpc) is 2.49. The van der Waals surface area contributed by atoms with Crippen LogP contribution in [0.15, 0.2) is 40.9 Å². The lowest BCUT2D eigenvalue weighted by molar-refractivity contribution is 0.614. The Morgan fingerprint density at radius 3 is 2.71 bits per heavy atom. The average molecular weight is 365 g/mol. The van der Waals surface area contributed by atoms with Crippen LogP contribution in [0, 0.1) is 5.82 Å². The molecule has 0 saturated heterocycles. The Morgan fingerprint density at radius 2 is 1.95 bits per heavy atom. The van der Waals surface area contributed by atoms with Crippen molar-refractivity contribution in [1.29, 1.82) is 0 Å². The van der Waals surface area contributed by atoms with Crippen LogP contribution in [-0.4, -0.2) is 11.5 Å². The molecule has 0 saturated carbocycles. The van der Waals surface area contributed by atoms with Gasteiger partial charge in [-0.3, -0.25) is 0 Å². The summed E-state index contributed by atoms with van der Waals surface area (Å²) in [6.45, 7) is 0.798. The summed E-state index contributed by atoms with van der Waals surface area (Å²) < 4.78 is 15.0. The van der Waals surface area contributed by atoms with Gasteiger partial charge in [-0.15, -0.1) is 0 Å². The molecule has 0 bridgehead atoms. The van der Waals surface area contributed by atoms with E-state index in [-0.39, 0.29) is 10.8 Å². The number of aryl methyl sites for hydroxylation is 1. The summed E-state index contributed by atoms with van der Waals surface area (Å²) in [6, 6.07) is 11.6. The number of anilines is 2. The zero-order valence-corrected chi connectivity index (χ0v) is 13.7. The van der Waals surface area contributed by atoms with Gasteiger partial charge in [0.05, 0.1) is 10.2 Å². The zero-order chi connectivity index (χ0) is 15.0. The number of benzene rings is 2. The summed E-state index contributed by atoms with van der Waals surface area (Å²) in [5.74, 6) is -0.322. The van der Waals surface area contributed by atoms with E-state index in [4.69, 9.17) is 18.0 Å². The highest BCUT2D eigenvalue weighted by Crippen LogP contribution is 2.37. The third-order valence-corrected chi connectivity index (χ3v) is 4.72. The van der Waals surface area contributed by atoms with E-state index < -0.39 is 0 Å². The Hall–Kier alpha value is -1.46. The van der Waals surface area contributed by atoms with Gasteiger partial charge in [-0.1, -0.05) is 30.4 Å². The molecule has 0 fully saturated rings. The second kappa shape index (κ2) is 5.73. The molecule has 0 aromatic heterocycles. The van der Waals surface area contributed by atoms with Crippen molar-refractivity contribution in [3.63, 3.8) is 0 Å². The molecule has 0 amide bonds. The Bertz CT molecular complexity index is 717. The first kappa shape index (κ1) is 14.5. The van der Waals surface area contributed by atoms with Crippen LogP contribution >= 0.6 is 28.1 Å². The van der Waals surface area contributed by atoms with Crippen LogP contribution in [0.25, 0.3) is 0 Å². The van der Waals surface area contributed by atoms with Crippen molar-refractivity contribution in [1.82, 2.24) is 0 Å². The van der Waals surface area contributed by atoms with Gasteiger partial charge in [0.1, 0.15) is 4.99 Å². The first-order valence-corrected chi connectivity index (χ1v) is 7.93. The van der Waals surface area contributed by atoms with Gasteiger partial charge in [0.25, 0.3) is 0 Å². The fraction of sp³-hybridized carbons (Fsp3) is 0.188. The van der Waals surface area contributed by atoms with Crippen LogP contribution < -0.4 is 10.6 Å². The normalized spacial score (nSPS) is 13.9. The SMILES string of the molecule is NC(=S)c1ccc(N2CCCc3ccccc32)c(F)c1Br. The molecule has 1 heterocycles. The third kappa shape index (κ3) is 2.56. The summed E-state index contributed by atoms with van der Waals surface area (Å²) in [6.07, 6.45) is 2.03. The standard InChI is InChI=1S/C16H14BrFN2S/c17-14-11(16(19)21)7-8-13(15(14)18)20-9-3-5-10-4-1-2-6-12(10)20/h1-2,4,6-8H,3,5,9H2,(H2,19,21). The molecular formula is C16H14BrFN2S. The van der Waals surface area contributed by atoms with Crippen LogP contribution in [0.4, 0.5) is 15.8 Å². The molecule has 21 heavy (non-hydrogen) atoms. The highest BCUT2D eigenvalue weighted by atomic mass is 79.9. The number of halogens is 2. The number of nitrogens with two attached hydrogens (primary N) is 1. The van der Waals surface area contributed by atoms with Gasteiger partial charge < -0.3 is 10.6 Å². The van der Waals surface area contributed by atoms with Crippen LogP contribution in [-0.2, 0) is 6.42 Å². The highest BCUT2D eigenvalue weighted by molar-refractivity contribution is 9.10. The predicted octanol–water partition coefficient (Wildman–Crippen LogP) is 4.31. The topological polar surface area (TPSA) is 29.3 Å². The maximum atomic E-state index is 14.7. The summed E-state index contributed by atoms with van der Waals surface area (Å²) >= 11 is 8.21. The lowest BCUT2D eigenvalue weighted by Gasteiger charge is -2.32. The maximum absolute atomic E-state index is 14.7. The van der Waals surface area contributed by atoms with E-state index in [2.05, 4.69) is 22.0 Å². The van der Waals surface area contributed by atoms with Crippen molar-refractivity contribution >= 4 is 44.5 Å². The minimum absolute atomic E-state index is 0.186. The Labute approximate surface area is 136 Å². The molecule has 0 spiro atoms. The highest BCUT2D eigenvalue weighted by Gasteiger charge is 2.22. The quantitative estimate of drug-likeness (QED) is 0.805. The Morgan fingerprint density at radius 1 is 1.19 bits per heavy atom. The molecule has 0 atom stereocenters. The molecule has 1 aliphatic heterocycles. The van der Waals surface area contributed by atoms with Gasteiger partial charge in [0.2, 0.25) is 0 Å². The molecule has 0 radical (unpaired) electrons. The van der Waals surface area contributed by atoms with E-state index in [0.29, 0.717) is 15.7 Å². The van der Waals surface area contributed by atoms with Crippen molar-refractivity contribution in [2.75, 3.05) is 11.4 Å². The lowest BCUT2D eigenvalue weighted by atomic mass is 10.0. The second-order valence-corrected chi connectivity index (χ2v) is 6.24. The van der Waals surface area contributed by atoms with Crippen molar-refractivity contribution in [2.24, 2.45) is 5.73 Å². The zero-order valence-electron chi connectivity index (χ0n) is 11.3. The number of hydrogen-bond donors (Lipinski definition) is 1. The fourth-order valence-electron chi connectivity index (χ4n) is 2.72. The number of hydrogen-bond acceptors (Lipinski definition) is 2. The molecule has 2 nitrogen and oxygen atoms in total. The van der Waals surface area contributed by atoms with Gasteiger partial charge >= 0.3 is 0 Å². The number of fused-ring (bicyclic) bond motifs is 1. The summed E-state index contributed by atoms with van der Waals surface area (Å²) in [5, 5.41) is 0. The van der Waals surface area contributed by atoms with Crippen LogP contribution in [0.1, 0.15) is 17.5 Å². The Kier molecular flexibility index (Phi) is 3.95. The van der Waals surface area contributed by atoms with Gasteiger partial charge in [-0.2, -0.15) is 0 Å². The Balaban J connectivity index is 2.11. The first-order valence-electron chi connectivity index (χ1n) is 6.73. The predicted molar refractivity (Wildman–Crippen MR) is 91.8 cm³/mol. The van der Waals surface area contributed by atoms with Gasteiger partial charge in [0.15, 0.2) is 5.82 Å². The molecular weight excluding hydrogens is 351 g/mol. The van der Waals surface area contributed by atoms with Gasteiger partial charge in [-0.05, 0) is 52.5 Å². The third-order valence-electron chi connectivity index (χ3n) is 3.73. The van der Waals surface area contributed by atoms with Crippen LogP contribution in [0.2, 0.25) is 0 Å². The van der Waals surface area contributed by atoms with Crippen LogP contribution in [0.5, 0.6) is 0 Å². The van der Waals surface area contributed by atoms with Crippen molar-refractivity contribution < 1.29 is 4.39 Å². The van der Waals surface area contributed by atoms with Crippen molar-refractivity contribution in [3.05, 3.63) is 57.8 Å². The summed E-state index contributed by atoms with van der Waals surface area (Å²) in [7, 11) is 0. The molecule has 3 rings (SSSR count). The number of rotatable bonds is 2. The lowest BCUT2D eigenvalue weighted by Crippen LogP contribution is -2.25. The van der Waals surface area contributed by atoms with Crippen molar-refractivity contribution in [2.45, 2.75) is 12.8 Å². The second-order valence-electron chi connectivity index (χ2n) is 5.01.